The molecule has 28 heavy (non-hydrogen) atoms. The van der Waals surface area contributed by atoms with Gasteiger partial charge in [-0.1, -0.05) is 45.0 Å². The van der Waals surface area contributed by atoms with E-state index in [4.69, 9.17) is 19.3 Å². The van der Waals surface area contributed by atoms with Crippen LogP contribution in [0.5, 0.6) is 17.2 Å². The number of carboxylic acids is 1. The molecule has 0 atom stereocenters. The zero-order valence-corrected chi connectivity index (χ0v) is 16.9. The third-order valence-corrected chi connectivity index (χ3v) is 3.98. The first kappa shape index (κ1) is 21.4. The second-order valence-corrected chi connectivity index (χ2v) is 7.25. The average molecular weight is 384 g/mol. The number of hydrogen-bond acceptors (Lipinski definition) is 4. The first-order valence-corrected chi connectivity index (χ1v) is 9.34. The van der Waals surface area contributed by atoms with Crippen molar-refractivity contribution in [1.29, 1.82) is 0 Å². The van der Waals surface area contributed by atoms with Crippen molar-refractivity contribution in [2.24, 2.45) is 0 Å². The fourth-order valence-electron chi connectivity index (χ4n) is 2.70. The van der Waals surface area contributed by atoms with Gasteiger partial charge in [-0.05, 0) is 47.7 Å². The molecule has 5 nitrogen and oxygen atoms in total. The number of rotatable bonds is 9. The Kier molecular flexibility index (Phi) is 7.50. The van der Waals surface area contributed by atoms with Crippen molar-refractivity contribution in [2.75, 3.05) is 19.8 Å². The third-order valence-electron chi connectivity index (χ3n) is 3.98. The molecule has 1 N–H and O–H groups in total. The molecule has 0 spiro atoms. The number of para-hydroxylation sites is 1. The summed E-state index contributed by atoms with van der Waals surface area (Å²) in [5.74, 6) is 1.04. The minimum Gasteiger partial charge on any atom is -0.490 e. The minimum absolute atomic E-state index is 0.00110. The number of carbonyl (C=O) groups is 1. The Hall–Kier alpha value is -2.95. The van der Waals surface area contributed by atoms with Crippen LogP contribution in [0.25, 0.3) is 6.08 Å². The largest absolute Gasteiger partial charge is 0.490 e. The van der Waals surface area contributed by atoms with Crippen molar-refractivity contribution >= 4 is 12.0 Å². The molecule has 2 aromatic rings. The second kappa shape index (κ2) is 9.83. The standard InChI is InChI=1S/C23H28O5/c1-5-26-21-16-17(11-13-22(24)25)10-12-20(21)28-15-14-27-19-9-7-6-8-18(19)23(2,3)4/h6-13,16H,5,14-15H2,1-4H3,(H,24,25). The average Bonchev–Trinajstić information content (AvgIpc) is 2.64. The predicted molar refractivity (Wildman–Crippen MR) is 110 cm³/mol. The summed E-state index contributed by atoms with van der Waals surface area (Å²) in [6.07, 6.45) is 2.60. The highest BCUT2D eigenvalue weighted by Crippen LogP contribution is 2.31. The van der Waals surface area contributed by atoms with Gasteiger partial charge in [-0.25, -0.2) is 4.79 Å². The molecule has 0 aliphatic heterocycles. The van der Waals surface area contributed by atoms with Gasteiger partial charge in [0.25, 0.3) is 0 Å². The second-order valence-electron chi connectivity index (χ2n) is 7.25. The molecule has 0 fully saturated rings. The molecule has 2 aromatic carbocycles. The molecule has 0 heterocycles. The zero-order chi connectivity index (χ0) is 20.6. The fourth-order valence-corrected chi connectivity index (χ4v) is 2.70. The van der Waals surface area contributed by atoms with E-state index in [1.807, 2.05) is 25.1 Å². The monoisotopic (exact) mass is 384 g/mol. The molecule has 150 valence electrons. The van der Waals surface area contributed by atoms with Crippen molar-refractivity contribution in [3.8, 4) is 17.2 Å². The summed E-state index contributed by atoms with van der Waals surface area (Å²) in [4.78, 5) is 10.7. The highest BCUT2D eigenvalue weighted by Gasteiger charge is 2.18. The lowest BCUT2D eigenvalue weighted by atomic mass is 9.86. The Morgan fingerprint density at radius 2 is 1.64 bits per heavy atom. The van der Waals surface area contributed by atoms with Gasteiger partial charge in [0.2, 0.25) is 0 Å². The highest BCUT2D eigenvalue weighted by molar-refractivity contribution is 5.85. The first-order chi connectivity index (χ1) is 13.3. The summed E-state index contributed by atoms with van der Waals surface area (Å²) in [6.45, 7) is 9.59. The maximum absolute atomic E-state index is 10.7. The molecule has 0 radical (unpaired) electrons. The van der Waals surface area contributed by atoms with Crippen molar-refractivity contribution in [2.45, 2.75) is 33.1 Å². The molecule has 2 rings (SSSR count). The van der Waals surface area contributed by atoms with E-state index in [0.29, 0.717) is 31.3 Å². The van der Waals surface area contributed by atoms with Crippen LogP contribution in [0.2, 0.25) is 0 Å². The van der Waals surface area contributed by atoms with Gasteiger partial charge in [0.1, 0.15) is 19.0 Å². The molecular weight excluding hydrogens is 356 g/mol. The van der Waals surface area contributed by atoms with E-state index in [9.17, 15) is 4.79 Å². The quantitative estimate of drug-likeness (QED) is 0.490. The number of hydrogen-bond donors (Lipinski definition) is 1. The Morgan fingerprint density at radius 1 is 0.964 bits per heavy atom. The summed E-state index contributed by atoms with van der Waals surface area (Å²) in [5, 5.41) is 8.75. The van der Waals surface area contributed by atoms with Crippen LogP contribution in [0.15, 0.2) is 48.5 Å². The first-order valence-electron chi connectivity index (χ1n) is 9.34. The van der Waals surface area contributed by atoms with E-state index >= 15 is 0 Å². The number of aliphatic carboxylic acids is 1. The van der Waals surface area contributed by atoms with Gasteiger partial charge in [0.05, 0.1) is 6.61 Å². The normalized spacial score (nSPS) is 11.4. The van der Waals surface area contributed by atoms with E-state index in [0.717, 1.165) is 23.0 Å². The van der Waals surface area contributed by atoms with Crippen LogP contribution in [0, 0.1) is 0 Å². The van der Waals surface area contributed by atoms with Crippen molar-refractivity contribution in [3.05, 3.63) is 59.7 Å². The zero-order valence-electron chi connectivity index (χ0n) is 16.9. The smallest absolute Gasteiger partial charge is 0.328 e. The van der Waals surface area contributed by atoms with Crippen LogP contribution in [-0.2, 0) is 10.2 Å². The lowest BCUT2D eigenvalue weighted by molar-refractivity contribution is -0.131. The van der Waals surface area contributed by atoms with Gasteiger partial charge < -0.3 is 19.3 Å². The summed E-state index contributed by atoms with van der Waals surface area (Å²) < 4.78 is 17.4. The SMILES string of the molecule is CCOc1cc(C=CC(=O)O)ccc1OCCOc1ccccc1C(C)(C)C. The lowest BCUT2D eigenvalue weighted by Crippen LogP contribution is -2.16. The van der Waals surface area contributed by atoms with Crippen LogP contribution in [0.1, 0.15) is 38.8 Å². The third kappa shape index (κ3) is 6.34. The molecular formula is C23H28O5. The van der Waals surface area contributed by atoms with Crippen LogP contribution in [0.3, 0.4) is 0 Å². The number of ether oxygens (including phenoxy) is 3. The summed E-state index contributed by atoms with van der Waals surface area (Å²) >= 11 is 0. The summed E-state index contributed by atoms with van der Waals surface area (Å²) in [5.41, 5.74) is 1.88. The van der Waals surface area contributed by atoms with Crippen LogP contribution >= 0.6 is 0 Å². The number of carboxylic acid groups (broad SMARTS) is 1. The van der Waals surface area contributed by atoms with Crippen LogP contribution in [0.4, 0.5) is 0 Å². The summed E-state index contributed by atoms with van der Waals surface area (Å²) in [6, 6.07) is 13.3. The maximum Gasteiger partial charge on any atom is 0.328 e. The van der Waals surface area contributed by atoms with Crippen molar-refractivity contribution in [3.63, 3.8) is 0 Å². The van der Waals surface area contributed by atoms with E-state index in [-0.39, 0.29) is 5.41 Å². The van der Waals surface area contributed by atoms with Gasteiger partial charge in [-0.2, -0.15) is 0 Å². The van der Waals surface area contributed by atoms with Crippen molar-refractivity contribution < 1.29 is 24.1 Å². The molecule has 0 bridgehead atoms. The Morgan fingerprint density at radius 3 is 2.29 bits per heavy atom. The predicted octanol–water partition coefficient (Wildman–Crippen LogP) is 4.94. The molecule has 0 saturated carbocycles. The Labute approximate surface area is 166 Å². The van der Waals surface area contributed by atoms with Gasteiger partial charge >= 0.3 is 5.97 Å². The van der Waals surface area contributed by atoms with Gasteiger partial charge in [-0.15, -0.1) is 0 Å². The van der Waals surface area contributed by atoms with Gasteiger partial charge in [0.15, 0.2) is 11.5 Å². The minimum atomic E-state index is -0.994. The molecule has 0 amide bonds. The highest BCUT2D eigenvalue weighted by atomic mass is 16.5. The maximum atomic E-state index is 10.7. The molecule has 0 aliphatic rings. The number of benzene rings is 2. The van der Waals surface area contributed by atoms with Crippen LogP contribution < -0.4 is 14.2 Å². The van der Waals surface area contributed by atoms with E-state index in [2.05, 4.69) is 26.8 Å². The molecule has 0 saturated heterocycles. The van der Waals surface area contributed by atoms with E-state index in [1.165, 1.54) is 6.08 Å². The topological polar surface area (TPSA) is 65.0 Å². The molecule has 0 aromatic heterocycles. The Bertz CT molecular complexity index is 818. The Balaban J connectivity index is 2.00. The lowest BCUT2D eigenvalue weighted by Gasteiger charge is -2.22. The summed E-state index contributed by atoms with van der Waals surface area (Å²) in [7, 11) is 0. The van der Waals surface area contributed by atoms with Gasteiger partial charge in [-0.3, -0.25) is 0 Å². The molecule has 0 aliphatic carbocycles. The van der Waals surface area contributed by atoms with Crippen molar-refractivity contribution in [1.82, 2.24) is 0 Å². The van der Waals surface area contributed by atoms with Gasteiger partial charge in [0, 0.05) is 6.08 Å². The molecule has 0 unspecified atom stereocenters. The fraction of sp³-hybridized carbons (Fsp3) is 0.348. The van der Waals surface area contributed by atoms with E-state index in [1.54, 1.807) is 18.2 Å². The van der Waals surface area contributed by atoms with E-state index < -0.39 is 5.97 Å². The van der Waals surface area contributed by atoms with Crippen LogP contribution in [-0.4, -0.2) is 30.9 Å². The molecule has 5 heteroatoms.